The number of fused-ring (bicyclic) bond motifs is 18. The van der Waals surface area contributed by atoms with Crippen molar-refractivity contribution in [2.75, 3.05) is 0 Å². The molecule has 0 amide bonds. The summed E-state index contributed by atoms with van der Waals surface area (Å²) >= 11 is 0. The lowest BCUT2D eigenvalue weighted by molar-refractivity contribution is 0.436. The van der Waals surface area contributed by atoms with Crippen LogP contribution >= 0.6 is 0 Å². The maximum absolute atomic E-state index is 6.82. The molecule has 15 aromatic carbocycles. The van der Waals surface area contributed by atoms with Crippen LogP contribution in [0.1, 0.15) is 89.7 Å². The van der Waals surface area contributed by atoms with Crippen molar-refractivity contribution < 1.29 is 9.47 Å². The predicted molar refractivity (Wildman–Crippen MR) is 426 cm³/mol. The first-order valence-corrected chi connectivity index (χ1v) is 36.9. The lowest BCUT2D eigenvalue weighted by Crippen LogP contribution is -2.32. The molecule has 0 saturated carbocycles. The molecule has 0 radical (unpaired) electrons. The Balaban J connectivity index is 0.569. The maximum Gasteiger partial charge on any atom is 0.164 e. The Kier molecular flexibility index (Phi) is 13.0. The average Bonchev–Trinajstić information content (AvgIpc) is 1.38. The van der Waals surface area contributed by atoms with E-state index in [0.29, 0.717) is 34.9 Å². The second-order valence-electron chi connectivity index (χ2n) is 29.0. The van der Waals surface area contributed by atoms with Gasteiger partial charge < -0.3 is 9.47 Å². The molecule has 2 aliphatic heterocycles. The molecule has 0 N–H and O–H groups in total. The minimum absolute atomic E-state index is 0.0652. The van der Waals surface area contributed by atoms with E-state index in [-0.39, 0.29) is 11.8 Å². The molecule has 8 heteroatoms. The summed E-state index contributed by atoms with van der Waals surface area (Å²) in [4.78, 5) is 31.7. The van der Waals surface area contributed by atoms with Gasteiger partial charge in [0.2, 0.25) is 0 Å². The highest BCUT2D eigenvalue weighted by atomic mass is 16.5. The molecule has 2 unspecified atom stereocenters. The molecule has 7 aliphatic rings. The molecule has 5 aliphatic carbocycles. The van der Waals surface area contributed by atoms with Crippen LogP contribution in [0.3, 0.4) is 0 Å². The van der Waals surface area contributed by atoms with Crippen LogP contribution in [0.25, 0.3) is 113 Å². The Labute approximate surface area is 623 Å². The van der Waals surface area contributed by atoms with Crippen LogP contribution in [0.4, 0.5) is 0 Å². The summed E-state index contributed by atoms with van der Waals surface area (Å²) in [5.74, 6) is 7.01. The van der Waals surface area contributed by atoms with E-state index in [2.05, 4.69) is 315 Å². The van der Waals surface area contributed by atoms with E-state index in [0.717, 1.165) is 101 Å². The quantitative estimate of drug-likeness (QED) is 0.148. The summed E-state index contributed by atoms with van der Waals surface area (Å²) in [6.45, 7) is 0. The Morgan fingerprint density at radius 2 is 0.435 bits per heavy atom. The predicted octanol–water partition coefficient (Wildman–Crippen LogP) is 23.3. The zero-order valence-electron chi connectivity index (χ0n) is 58.1. The highest BCUT2D eigenvalue weighted by molar-refractivity contribution is 5.92. The number of hydrogen-bond donors (Lipinski definition) is 0. The highest BCUT2D eigenvalue weighted by Gasteiger charge is 2.53. The van der Waals surface area contributed by atoms with E-state index in [1.165, 1.54) is 77.9 Å². The van der Waals surface area contributed by atoms with Gasteiger partial charge in [0.05, 0.1) is 10.8 Å². The van der Waals surface area contributed by atoms with E-state index in [1.54, 1.807) is 0 Å². The molecule has 8 nitrogen and oxygen atoms in total. The Bertz CT molecular complexity index is 6160. The van der Waals surface area contributed by atoms with Gasteiger partial charge in [0.15, 0.2) is 34.9 Å². The fourth-order valence-corrected chi connectivity index (χ4v) is 18.9. The van der Waals surface area contributed by atoms with Crippen LogP contribution in [0.15, 0.2) is 352 Å². The smallest absolute Gasteiger partial charge is 0.164 e. The third-order valence-corrected chi connectivity index (χ3v) is 23.5. The van der Waals surface area contributed by atoms with E-state index in [1.807, 2.05) is 36.4 Å². The molecule has 502 valence electrons. The fourth-order valence-electron chi connectivity index (χ4n) is 18.9. The van der Waals surface area contributed by atoms with Crippen LogP contribution in [-0.2, 0) is 10.8 Å². The minimum Gasteiger partial charge on any atom is -0.457 e. The van der Waals surface area contributed by atoms with Crippen molar-refractivity contribution in [3.63, 3.8) is 0 Å². The highest BCUT2D eigenvalue weighted by Crippen LogP contribution is 2.65. The molecule has 24 rings (SSSR count). The molecule has 0 saturated heterocycles. The lowest BCUT2D eigenvalue weighted by atomic mass is 9.60. The molecule has 2 spiro atoms. The van der Waals surface area contributed by atoms with Gasteiger partial charge in [0.1, 0.15) is 23.0 Å². The summed E-state index contributed by atoms with van der Waals surface area (Å²) in [7, 11) is 0. The van der Waals surface area contributed by atoms with Crippen LogP contribution < -0.4 is 9.47 Å². The first kappa shape index (κ1) is 60.3. The van der Waals surface area contributed by atoms with E-state index >= 15 is 0 Å². The molecule has 108 heavy (non-hydrogen) atoms. The van der Waals surface area contributed by atoms with Crippen molar-refractivity contribution in [2.24, 2.45) is 0 Å². The van der Waals surface area contributed by atoms with Gasteiger partial charge in [-0.1, -0.05) is 291 Å². The largest absolute Gasteiger partial charge is 0.457 e. The molecule has 17 aromatic rings. The number of rotatable bonds is 8. The first-order valence-electron chi connectivity index (χ1n) is 36.9. The van der Waals surface area contributed by atoms with Crippen molar-refractivity contribution in [2.45, 2.75) is 22.7 Å². The summed E-state index contributed by atoms with van der Waals surface area (Å²) in [6, 6.07) is 126. The minimum atomic E-state index is -0.633. The SMILES string of the molecule is c1ccc(-c2nc(-c3ccc(-c4ccc5c(c4)C4c6ccccc6C5c5cc(-c6ccc(-c7nc(-c8ccccc8)nc(-c8ccc9c(c8)C8(c%10ccccc%10O9)c9ccccc9-c9ccccc98)n7)cc6)ccc54)cc3)nc(-c3ccc4c(c3)C3(c5ccccc5O4)c4ccccc4-c4ccccc43)n2)cc1. The fraction of sp³-hybridized carbons (Fsp3) is 0.0400. The Morgan fingerprint density at radius 1 is 0.176 bits per heavy atom. The molecule has 2 bridgehead atoms. The van der Waals surface area contributed by atoms with Crippen molar-refractivity contribution in [3.05, 3.63) is 430 Å². The molecule has 2 atom stereocenters. The zero-order chi connectivity index (χ0) is 70.8. The van der Waals surface area contributed by atoms with Gasteiger partial charge in [-0.2, -0.15) is 0 Å². The second-order valence-corrected chi connectivity index (χ2v) is 29.0. The second kappa shape index (κ2) is 23.2. The van der Waals surface area contributed by atoms with Gasteiger partial charge in [-0.25, -0.2) is 29.9 Å². The summed E-state index contributed by atoms with van der Waals surface area (Å²) in [6.07, 6.45) is 0. The lowest BCUT2D eigenvalue weighted by Gasteiger charge is -2.42. The molecule has 2 aromatic heterocycles. The number of hydrogen-bond acceptors (Lipinski definition) is 8. The van der Waals surface area contributed by atoms with Crippen molar-refractivity contribution in [3.8, 4) is 136 Å². The van der Waals surface area contributed by atoms with Crippen molar-refractivity contribution in [1.82, 2.24) is 29.9 Å². The van der Waals surface area contributed by atoms with Gasteiger partial charge >= 0.3 is 0 Å². The average molecular weight is 1380 g/mol. The number of nitrogens with zero attached hydrogens (tertiary/aromatic N) is 6. The third-order valence-electron chi connectivity index (χ3n) is 23.5. The number of aromatic nitrogens is 6. The van der Waals surface area contributed by atoms with Crippen molar-refractivity contribution >= 4 is 0 Å². The van der Waals surface area contributed by atoms with Crippen LogP contribution in [0, 0.1) is 0 Å². The number of benzene rings is 15. The van der Waals surface area contributed by atoms with Gasteiger partial charge in [-0.15, -0.1) is 0 Å². The number of ether oxygens (including phenoxy) is 2. The van der Waals surface area contributed by atoms with Crippen LogP contribution in [0.5, 0.6) is 23.0 Å². The van der Waals surface area contributed by atoms with Gasteiger partial charge in [0.25, 0.3) is 0 Å². The monoisotopic (exact) mass is 1380 g/mol. The van der Waals surface area contributed by atoms with E-state index in [4.69, 9.17) is 39.4 Å². The molecular weight excluding hydrogens is 1320 g/mol. The maximum atomic E-state index is 6.82. The van der Waals surface area contributed by atoms with E-state index in [9.17, 15) is 0 Å². The summed E-state index contributed by atoms with van der Waals surface area (Å²) in [5.41, 5.74) is 30.9. The molecule has 0 fully saturated rings. The van der Waals surface area contributed by atoms with Crippen LogP contribution in [-0.4, -0.2) is 29.9 Å². The molecular formula is C100H60N6O2. The standard InChI is InChI=1S/C100H60N6O2/c1-3-21-61(22-4-1)93-101-95(105-97(103-93)67-49-53-89-85(57-67)99(83-35-17-19-37-87(83)107-89)79-31-13-9-25-69(79)70-26-10-14-32-80(70)99)63-43-39-59(40-44-63)65-47-51-75-77(55-65)91-73-29-7-8-30-74(73)92(75)78-56-66(48-52-76(78)91)60-41-45-64(46-42-60)96-102-94(62-23-5-2-6-24-62)104-98(106-96)68-50-54-90-86(58-68)100(84-36-18-20-38-88(84)108-90)81-33-15-11-27-71(81)72-28-12-16-34-82(72)100/h1-58,91-92H. The Hall–Kier alpha value is -14.1. The molecule has 4 heterocycles. The van der Waals surface area contributed by atoms with Gasteiger partial charge in [-0.05, 0) is 161 Å². The third kappa shape index (κ3) is 8.74. The van der Waals surface area contributed by atoms with Crippen molar-refractivity contribution in [1.29, 1.82) is 0 Å². The van der Waals surface area contributed by atoms with Gasteiger partial charge in [-0.3, -0.25) is 0 Å². The first-order chi connectivity index (χ1) is 53.5. The normalized spacial score (nSPS) is 15.1. The zero-order valence-corrected chi connectivity index (χ0v) is 58.1. The van der Waals surface area contributed by atoms with E-state index < -0.39 is 10.8 Å². The summed E-state index contributed by atoms with van der Waals surface area (Å²) in [5, 5.41) is 0. The number of para-hydroxylation sites is 2. The topological polar surface area (TPSA) is 95.8 Å². The van der Waals surface area contributed by atoms with Crippen LogP contribution in [0.2, 0.25) is 0 Å². The van der Waals surface area contributed by atoms with Gasteiger partial charge in [0, 0.05) is 67.5 Å². The summed E-state index contributed by atoms with van der Waals surface area (Å²) < 4.78 is 13.6. The Morgan fingerprint density at radius 3 is 0.806 bits per heavy atom.